The van der Waals surface area contributed by atoms with Gasteiger partial charge in [0.25, 0.3) is 0 Å². The lowest BCUT2D eigenvalue weighted by molar-refractivity contribution is -0.136. The van der Waals surface area contributed by atoms with Gasteiger partial charge in [-0.2, -0.15) is 5.10 Å². The number of aromatic nitrogens is 1. The van der Waals surface area contributed by atoms with Crippen molar-refractivity contribution < 1.29 is 19.1 Å². The number of rotatable bonds is 7. The minimum Gasteiger partial charge on any atom is -0.497 e. The highest BCUT2D eigenvalue weighted by Crippen LogP contribution is 2.22. The van der Waals surface area contributed by atoms with Gasteiger partial charge in [0.2, 0.25) is 0 Å². The average molecular weight is 434 g/mol. The molecule has 2 amide bonds. The van der Waals surface area contributed by atoms with Crippen molar-refractivity contribution in [3.05, 3.63) is 71.5 Å². The zero-order valence-corrected chi connectivity index (χ0v) is 18.5. The summed E-state index contributed by atoms with van der Waals surface area (Å²) in [5, 5.41) is 6.45. The Kier molecular flexibility index (Phi) is 7.28. The molecule has 166 valence electrons. The fourth-order valence-corrected chi connectivity index (χ4v) is 3.27. The highest BCUT2D eigenvalue weighted by Gasteiger charge is 2.14. The van der Waals surface area contributed by atoms with E-state index in [9.17, 15) is 9.59 Å². The molecule has 0 radical (unpaired) electrons. The van der Waals surface area contributed by atoms with Crippen LogP contribution < -0.4 is 20.2 Å². The highest BCUT2D eigenvalue weighted by molar-refractivity contribution is 6.39. The van der Waals surface area contributed by atoms with Gasteiger partial charge in [0.1, 0.15) is 11.5 Å². The van der Waals surface area contributed by atoms with E-state index in [2.05, 4.69) is 20.4 Å². The summed E-state index contributed by atoms with van der Waals surface area (Å²) in [5.74, 6) is -0.306. The van der Waals surface area contributed by atoms with E-state index in [0.717, 1.165) is 28.4 Å². The third kappa shape index (κ3) is 5.34. The Morgan fingerprint density at radius 1 is 1.03 bits per heavy atom. The Morgan fingerprint density at radius 3 is 2.47 bits per heavy atom. The number of benzene rings is 2. The largest absolute Gasteiger partial charge is 0.497 e. The van der Waals surface area contributed by atoms with Gasteiger partial charge < -0.3 is 19.4 Å². The molecule has 3 rings (SSSR count). The summed E-state index contributed by atoms with van der Waals surface area (Å²) >= 11 is 0. The number of hydrazone groups is 1. The molecule has 3 aromatic rings. The minimum absolute atomic E-state index is 0.451. The van der Waals surface area contributed by atoms with Crippen LogP contribution >= 0.6 is 0 Å². The Hall–Kier alpha value is -4.07. The minimum atomic E-state index is -0.871. The molecule has 0 spiro atoms. The van der Waals surface area contributed by atoms with E-state index in [1.54, 1.807) is 24.3 Å². The van der Waals surface area contributed by atoms with Crippen molar-refractivity contribution in [2.45, 2.75) is 20.8 Å². The number of ether oxygens (including phenoxy) is 2. The number of nitrogens with zero attached hydrogens (tertiary/aromatic N) is 2. The van der Waals surface area contributed by atoms with Crippen molar-refractivity contribution in [3.8, 4) is 17.2 Å². The van der Waals surface area contributed by atoms with Crippen LogP contribution in [0.4, 0.5) is 5.69 Å². The van der Waals surface area contributed by atoms with Crippen molar-refractivity contribution in [2.24, 2.45) is 5.10 Å². The molecule has 0 fully saturated rings. The molecule has 2 aromatic carbocycles. The van der Waals surface area contributed by atoms with Crippen LogP contribution in [0.3, 0.4) is 0 Å². The summed E-state index contributed by atoms with van der Waals surface area (Å²) in [6.07, 6.45) is 1.52. The topological polar surface area (TPSA) is 94.0 Å². The fraction of sp³-hybridized carbons (Fsp3) is 0.208. The molecule has 2 N–H and O–H groups in total. The van der Waals surface area contributed by atoms with Crippen molar-refractivity contribution in [2.75, 3.05) is 19.0 Å². The van der Waals surface area contributed by atoms with Gasteiger partial charge in [0, 0.05) is 34.4 Å². The lowest BCUT2D eigenvalue weighted by Crippen LogP contribution is -2.32. The number of carbonyl (C=O) groups is 2. The van der Waals surface area contributed by atoms with Gasteiger partial charge in [-0.1, -0.05) is 6.07 Å². The Balaban J connectivity index is 1.65. The molecule has 1 aromatic heterocycles. The number of nitrogens with one attached hydrogen (secondary N) is 2. The molecule has 0 aliphatic carbocycles. The van der Waals surface area contributed by atoms with Gasteiger partial charge >= 0.3 is 11.8 Å². The third-order valence-electron chi connectivity index (χ3n) is 4.78. The Morgan fingerprint density at radius 2 is 1.78 bits per heavy atom. The molecule has 0 aliphatic heterocycles. The Bertz CT molecular complexity index is 1130. The average Bonchev–Trinajstić information content (AvgIpc) is 3.07. The second-order valence-corrected chi connectivity index (χ2v) is 6.97. The maximum Gasteiger partial charge on any atom is 0.329 e. The first-order valence-electron chi connectivity index (χ1n) is 10.1. The van der Waals surface area contributed by atoms with Crippen molar-refractivity contribution in [1.82, 2.24) is 9.99 Å². The fourth-order valence-electron chi connectivity index (χ4n) is 3.27. The van der Waals surface area contributed by atoms with E-state index in [1.165, 1.54) is 13.3 Å². The molecule has 1 heterocycles. The summed E-state index contributed by atoms with van der Waals surface area (Å²) < 4.78 is 12.7. The second kappa shape index (κ2) is 10.3. The SMILES string of the molecule is CCOc1ccc(-n2c(C)cc(/C=N\NC(=O)C(=O)Nc3cccc(OC)c3)c2C)cc1. The number of methoxy groups -OCH3 is 1. The molecule has 0 saturated heterocycles. The standard InChI is InChI=1S/C24H26N4O4/c1-5-32-21-11-9-20(10-12-21)28-16(2)13-18(17(28)3)15-25-27-24(30)23(29)26-19-7-6-8-22(14-19)31-4/h6-15H,5H2,1-4H3,(H,26,29)(H,27,30)/b25-15-. The smallest absolute Gasteiger partial charge is 0.329 e. The van der Waals surface area contributed by atoms with Gasteiger partial charge in [0.15, 0.2) is 0 Å². The normalized spacial score (nSPS) is 10.8. The van der Waals surface area contributed by atoms with E-state index >= 15 is 0 Å². The predicted octanol–water partition coefficient (Wildman–Crippen LogP) is 3.59. The van der Waals surface area contributed by atoms with Crippen molar-refractivity contribution >= 4 is 23.7 Å². The zero-order valence-electron chi connectivity index (χ0n) is 18.5. The predicted molar refractivity (Wildman–Crippen MR) is 124 cm³/mol. The quantitative estimate of drug-likeness (QED) is 0.338. The maximum absolute atomic E-state index is 12.1. The van der Waals surface area contributed by atoms with Crippen LogP contribution in [0.15, 0.2) is 59.7 Å². The monoisotopic (exact) mass is 434 g/mol. The van der Waals surface area contributed by atoms with E-state index in [0.29, 0.717) is 18.0 Å². The molecular weight excluding hydrogens is 408 g/mol. The summed E-state index contributed by atoms with van der Waals surface area (Å²) in [5.41, 5.74) is 6.48. The molecular formula is C24H26N4O4. The first-order valence-corrected chi connectivity index (χ1v) is 10.1. The van der Waals surface area contributed by atoms with Gasteiger partial charge in [-0.05, 0) is 63.2 Å². The van der Waals surface area contributed by atoms with Crippen LogP contribution in [0.25, 0.3) is 5.69 Å². The number of anilines is 1. The van der Waals surface area contributed by atoms with Gasteiger partial charge in [-0.25, -0.2) is 5.43 Å². The van der Waals surface area contributed by atoms with Crippen LogP contribution in [-0.2, 0) is 9.59 Å². The number of hydrogen-bond donors (Lipinski definition) is 2. The van der Waals surface area contributed by atoms with E-state index in [4.69, 9.17) is 9.47 Å². The number of aryl methyl sites for hydroxylation is 1. The summed E-state index contributed by atoms with van der Waals surface area (Å²) in [4.78, 5) is 24.2. The second-order valence-electron chi connectivity index (χ2n) is 6.97. The van der Waals surface area contributed by atoms with Crippen LogP contribution in [0, 0.1) is 13.8 Å². The van der Waals surface area contributed by atoms with Crippen molar-refractivity contribution in [1.29, 1.82) is 0 Å². The molecule has 0 unspecified atom stereocenters. The van der Waals surface area contributed by atoms with Gasteiger partial charge in [0.05, 0.1) is 19.9 Å². The van der Waals surface area contributed by atoms with E-state index in [1.807, 2.05) is 51.1 Å². The lowest BCUT2D eigenvalue weighted by Gasteiger charge is -2.10. The number of hydrogen-bond acceptors (Lipinski definition) is 5. The van der Waals surface area contributed by atoms with Crippen molar-refractivity contribution in [3.63, 3.8) is 0 Å². The third-order valence-corrected chi connectivity index (χ3v) is 4.78. The zero-order chi connectivity index (χ0) is 23.1. The molecule has 8 nitrogen and oxygen atoms in total. The van der Waals surface area contributed by atoms with Gasteiger partial charge in [-0.3, -0.25) is 9.59 Å². The summed E-state index contributed by atoms with van der Waals surface area (Å²) in [6, 6.07) is 16.5. The van der Waals surface area contributed by atoms with E-state index < -0.39 is 11.8 Å². The molecule has 0 bridgehead atoms. The molecule has 8 heteroatoms. The molecule has 0 saturated carbocycles. The molecule has 0 aliphatic rings. The number of carbonyl (C=O) groups excluding carboxylic acids is 2. The van der Waals surface area contributed by atoms with E-state index in [-0.39, 0.29) is 0 Å². The lowest BCUT2D eigenvalue weighted by atomic mass is 10.2. The summed E-state index contributed by atoms with van der Waals surface area (Å²) in [7, 11) is 1.52. The van der Waals surface area contributed by atoms with Crippen LogP contribution in [0.1, 0.15) is 23.9 Å². The first kappa shape index (κ1) is 22.6. The maximum atomic E-state index is 12.1. The molecule has 0 atom stereocenters. The van der Waals surface area contributed by atoms with Crippen LogP contribution in [0.2, 0.25) is 0 Å². The summed E-state index contributed by atoms with van der Waals surface area (Å²) in [6.45, 7) is 6.51. The van der Waals surface area contributed by atoms with Crippen LogP contribution in [0.5, 0.6) is 11.5 Å². The van der Waals surface area contributed by atoms with Crippen LogP contribution in [-0.4, -0.2) is 36.3 Å². The highest BCUT2D eigenvalue weighted by atomic mass is 16.5. The number of amides is 2. The molecule has 32 heavy (non-hydrogen) atoms. The Labute approximate surface area is 186 Å². The first-order chi connectivity index (χ1) is 15.4. The van der Waals surface area contributed by atoms with Gasteiger partial charge in [-0.15, -0.1) is 0 Å².